The molecule has 8 heteroatoms. The van der Waals surface area contributed by atoms with Gasteiger partial charge in [0.1, 0.15) is 0 Å². The van der Waals surface area contributed by atoms with E-state index in [1.54, 1.807) is 6.20 Å². The third-order valence-electron chi connectivity index (χ3n) is 6.57. The number of carbonyl (C=O) groups is 1. The fourth-order valence-electron chi connectivity index (χ4n) is 4.77. The van der Waals surface area contributed by atoms with Crippen LogP contribution in [0.3, 0.4) is 0 Å². The molecule has 8 nitrogen and oxygen atoms in total. The van der Waals surface area contributed by atoms with Gasteiger partial charge in [-0.25, -0.2) is 4.98 Å². The van der Waals surface area contributed by atoms with E-state index in [0.717, 1.165) is 44.3 Å². The topological polar surface area (TPSA) is 92.8 Å². The molecule has 0 bridgehead atoms. The van der Waals surface area contributed by atoms with Crippen LogP contribution < -0.4 is 0 Å². The lowest BCUT2D eigenvalue weighted by atomic mass is 9.98. The summed E-state index contributed by atoms with van der Waals surface area (Å²) in [5, 5.41) is 9.61. The van der Waals surface area contributed by atoms with Crippen LogP contribution in [0.5, 0.6) is 0 Å². The Morgan fingerprint density at radius 2 is 2.00 bits per heavy atom. The number of rotatable bonds is 9. The second-order valence-electron chi connectivity index (χ2n) is 8.77. The smallest absolute Gasteiger partial charge is 0.223 e. The largest absolute Gasteiger partial charge is 0.425 e. The zero-order valence-corrected chi connectivity index (χ0v) is 18.8. The van der Waals surface area contributed by atoms with Crippen molar-refractivity contribution in [2.75, 3.05) is 6.54 Å². The van der Waals surface area contributed by atoms with Gasteiger partial charge in [-0.05, 0) is 43.7 Å². The lowest BCUT2D eigenvalue weighted by Crippen LogP contribution is -2.44. The normalized spacial score (nSPS) is 16.5. The molecule has 33 heavy (non-hydrogen) atoms. The molecule has 4 aromatic rings. The Labute approximate surface area is 193 Å². The number of para-hydroxylation sites is 1. The number of hydrogen-bond donors (Lipinski definition) is 1. The summed E-state index contributed by atoms with van der Waals surface area (Å²) in [6, 6.07) is 8.57. The number of aromatic amines is 1. The summed E-state index contributed by atoms with van der Waals surface area (Å²) in [4.78, 5) is 22.4. The lowest BCUT2D eigenvalue weighted by molar-refractivity contribution is -0.135. The highest BCUT2D eigenvalue weighted by Crippen LogP contribution is 2.22. The number of benzene rings is 1. The summed E-state index contributed by atoms with van der Waals surface area (Å²) in [5.41, 5.74) is 2.38. The van der Waals surface area contributed by atoms with Gasteiger partial charge in [0.25, 0.3) is 0 Å². The maximum atomic E-state index is 13.0. The number of amides is 1. The van der Waals surface area contributed by atoms with E-state index < -0.39 is 0 Å². The molecule has 0 saturated carbocycles. The number of aryl methyl sites for hydroxylation is 4. The Kier molecular flexibility index (Phi) is 6.51. The van der Waals surface area contributed by atoms with Crippen LogP contribution in [-0.2, 0) is 30.6 Å². The van der Waals surface area contributed by atoms with Crippen LogP contribution in [0, 0.1) is 0 Å². The molecular formula is C25H30N6O2. The SMILES string of the molecule is O=C(CCc1nnc(CCc2c[nH]c3ccccc23)o1)N1CCCCC1CCn1ccnc1. The quantitative estimate of drug-likeness (QED) is 0.420. The molecule has 1 saturated heterocycles. The molecule has 0 aliphatic carbocycles. The van der Waals surface area contributed by atoms with Gasteiger partial charge in [0.05, 0.1) is 6.33 Å². The number of carbonyl (C=O) groups excluding carboxylic acids is 1. The van der Waals surface area contributed by atoms with Crippen molar-refractivity contribution in [2.45, 2.75) is 64.0 Å². The average molecular weight is 447 g/mol. The van der Waals surface area contributed by atoms with E-state index in [1.807, 2.05) is 30.9 Å². The van der Waals surface area contributed by atoms with Gasteiger partial charge in [0.15, 0.2) is 0 Å². The zero-order valence-electron chi connectivity index (χ0n) is 18.8. The van der Waals surface area contributed by atoms with Crippen molar-refractivity contribution in [3.63, 3.8) is 0 Å². The van der Waals surface area contributed by atoms with Crippen LogP contribution >= 0.6 is 0 Å². The Morgan fingerprint density at radius 3 is 2.88 bits per heavy atom. The van der Waals surface area contributed by atoms with Gasteiger partial charge in [-0.1, -0.05) is 18.2 Å². The fraction of sp³-hybridized carbons (Fsp3) is 0.440. The van der Waals surface area contributed by atoms with Crippen molar-refractivity contribution in [1.82, 2.24) is 29.6 Å². The number of aromatic nitrogens is 5. The number of H-pyrrole nitrogens is 1. The van der Waals surface area contributed by atoms with Gasteiger partial charge >= 0.3 is 0 Å². The number of nitrogens with one attached hydrogen (secondary N) is 1. The Bertz CT molecular complexity index is 1180. The van der Waals surface area contributed by atoms with Crippen LogP contribution in [0.15, 0.2) is 53.6 Å². The lowest BCUT2D eigenvalue weighted by Gasteiger charge is -2.36. The van der Waals surface area contributed by atoms with Gasteiger partial charge in [-0.3, -0.25) is 4.79 Å². The molecule has 0 spiro atoms. The molecule has 172 valence electrons. The van der Waals surface area contributed by atoms with E-state index in [2.05, 4.69) is 41.8 Å². The molecule has 1 amide bonds. The first kappa shape index (κ1) is 21.4. The molecule has 1 N–H and O–H groups in total. The van der Waals surface area contributed by atoms with Gasteiger partial charge in [-0.2, -0.15) is 0 Å². The highest BCUT2D eigenvalue weighted by atomic mass is 16.4. The minimum Gasteiger partial charge on any atom is -0.425 e. The molecular weight excluding hydrogens is 416 g/mol. The van der Waals surface area contributed by atoms with Crippen LogP contribution in [0.1, 0.15) is 49.4 Å². The Hall–Kier alpha value is -3.42. The number of piperidine rings is 1. The predicted molar refractivity (Wildman–Crippen MR) is 125 cm³/mol. The van der Waals surface area contributed by atoms with E-state index in [-0.39, 0.29) is 5.91 Å². The first-order valence-electron chi connectivity index (χ1n) is 11.9. The monoisotopic (exact) mass is 446 g/mol. The Morgan fingerprint density at radius 1 is 1.12 bits per heavy atom. The molecule has 1 atom stereocenters. The van der Waals surface area contributed by atoms with Crippen molar-refractivity contribution in [1.29, 1.82) is 0 Å². The number of imidazole rings is 1. The summed E-state index contributed by atoms with van der Waals surface area (Å²) < 4.78 is 7.92. The molecule has 0 radical (unpaired) electrons. The summed E-state index contributed by atoms with van der Waals surface area (Å²) in [5.74, 6) is 1.35. The van der Waals surface area contributed by atoms with Crippen LogP contribution in [0.2, 0.25) is 0 Å². The van der Waals surface area contributed by atoms with Gasteiger partial charge in [0.2, 0.25) is 17.7 Å². The summed E-state index contributed by atoms with van der Waals surface area (Å²) in [6.07, 6.45) is 14.3. The van der Waals surface area contributed by atoms with Crippen LogP contribution in [-0.4, -0.2) is 48.1 Å². The number of fused-ring (bicyclic) bond motifs is 1. The van der Waals surface area contributed by atoms with Crippen molar-refractivity contribution < 1.29 is 9.21 Å². The van der Waals surface area contributed by atoms with Crippen molar-refractivity contribution in [3.05, 3.63) is 66.5 Å². The van der Waals surface area contributed by atoms with Gasteiger partial charge in [-0.15, -0.1) is 10.2 Å². The standard InChI is InChI=1S/C25H30N6O2/c32-25(31-14-4-3-5-20(31)12-15-30-16-13-26-18-30)11-10-24-29-28-23(33-24)9-8-19-17-27-22-7-2-1-6-21(19)22/h1-2,6-7,13,16-18,20,27H,3-5,8-12,14-15H2. The first-order chi connectivity index (χ1) is 16.3. The second kappa shape index (κ2) is 10.0. The molecule has 1 unspecified atom stereocenters. The number of nitrogens with zero attached hydrogens (tertiary/aromatic N) is 5. The average Bonchev–Trinajstić information content (AvgIpc) is 3.61. The second-order valence-corrected chi connectivity index (χ2v) is 8.77. The minimum atomic E-state index is 0.184. The molecule has 1 aliphatic heterocycles. The summed E-state index contributed by atoms with van der Waals surface area (Å²) in [6.45, 7) is 1.73. The summed E-state index contributed by atoms with van der Waals surface area (Å²) in [7, 11) is 0. The van der Waals surface area contributed by atoms with Crippen LogP contribution in [0.25, 0.3) is 10.9 Å². The van der Waals surface area contributed by atoms with E-state index in [1.165, 1.54) is 17.4 Å². The van der Waals surface area contributed by atoms with Crippen molar-refractivity contribution >= 4 is 16.8 Å². The minimum absolute atomic E-state index is 0.184. The predicted octanol–water partition coefficient (Wildman–Crippen LogP) is 3.94. The maximum absolute atomic E-state index is 13.0. The van der Waals surface area contributed by atoms with Crippen LogP contribution in [0.4, 0.5) is 0 Å². The zero-order chi connectivity index (χ0) is 22.5. The summed E-state index contributed by atoms with van der Waals surface area (Å²) >= 11 is 0. The fourth-order valence-corrected chi connectivity index (χ4v) is 4.77. The highest BCUT2D eigenvalue weighted by molar-refractivity contribution is 5.83. The van der Waals surface area contributed by atoms with E-state index in [4.69, 9.17) is 4.42 Å². The van der Waals surface area contributed by atoms with Crippen molar-refractivity contribution in [3.8, 4) is 0 Å². The third kappa shape index (κ3) is 5.16. The molecule has 1 fully saturated rings. The number of likely N-dealkylation sites (tertiary alicyclic amines) is 1. The van der Waals surface area contributed by atoms with E-state index in [9.17, 15) is 4.79 Å². The van der Waals surface area contributed by atoms with Crippen molar-refractivity contribution in [2.24, 2.45) is 0 Å². The van der Waals surface area contributed by atoms with E-state index in [0.29, 0.717) is 37.1 Å². The molecule has 4 heterocycles. The van der Waals surface area contributed by atoms with Gasteiger partial charge in [0, 0.05) is 67.9 Å². The molecule has 5 rings (SSSR count). The Balaban J connectivity index is 1.12. The molecule has 3 aromatic heterocycles. The molecule has 1 aliphatic rings. The third-order valence-corrected chi connectivity index (χ3v) is 6.57. The molecule has 1 aromatic carbocycles. The highest BCUT2D eigenvalue weighted by Gasteiger charge is 2.26. The number of hydrogen-bond acceptors (Lipinski definition) is 5. The van der Waals surface area contributed by atoms with Gasteiger partial charge < -0.3 is 18.9 Å². The first-order valence-corrected chi connectivity index (χ1v) is 11.9. The van der Waals surface area contributed by atoms with E-state index >= 15 is 0 Å². The maximum Gasteiger partial charge on any atom is 0.223 e.